The van der Waals surface area contributed by atoms with Crippen LogP contribution < -0.4 is 15.1 Å². The highest BCUT2D eigenvalue weighted by molar-refractivity contribution is 7.17. The van der Waals surface area contributed by atoms with Crippen molar-refractivity contribution in [2.75, 3.05) is 29.4 Å². The van der Waals surface area contributed by atoms with Gasteiger partial charge in [-0.3, -0.25) is 14.4 Å². The minimum Gasteiger partial charge on any atom is -0.356 e. The van der Waals surface area contributed by atoms with Gasteiger partial charge in [-0.05, 0) is 78.2 Å². The third kappa shape index (κ3) is 6.06. The topological polar surface area (TPSA) is 82.6 Å². The van der Waals surface area contributed by atoms with E-state index in [0.717, 1.165) is 63.9 Å². The number of carbonyl (C=O) groups is 3. The Morgan fingerprint density at radius 1 is 0.889 bits per heavy atom. The molecule has 9 heteroatoms. The number of para-hydroxylation sites is 1. The Hall–Kier alpha value is -4.60. The van der Waals surface area contributed by atoms with Gasteiger partial charge in [-0.1, -0.05) is 36.4 Å². The Morgan fingerprint density at radius 2 is 1.71 bits per heavy atom. The van der Waals surface area contributed by atoms with Crippen LogP contribution in [0.2, 0.25) is 0 Å². The standard InChI is InChI=1S/C36H32N4O3S2/c41-31(29-9-5-16-37-34(29)39-17-3-4-18-39)21-24-11-13-25(14-12-24)36(43)40-19-15-26-22-32(35(42)38-23-27-7-6-20-44-27)45-33(26)28-8-1-2-10-30(28)40/h1-2,5-14,16,20,22H,3-4,15,17-19,21,23H2,(H,38,42). The summed E-state index contributed by atoms with van der Waals surface area (Å²) in [6.07, 6.45) is 4.86. The number of Topliss-reactive ketones (excluding diaryl/α,β-unsaturated/α-hetero) is 1. The fraction of sp³-hybridized carbons (Fsp3) is 0.222. The van der Waals surface area contributed by atoms with Crippen LogP contribution in [0.15, 0.2) is 90.4 Å². The molecule has 7 nitrogen and oxygen atoms in total. The predicted octanol–water partition coefficient (Wildman–Crippen LogP) is 7.03. The van der Waals surface area contributed by atoms with Gasteiger partial charge in [0.05, 0.1) is 22.7 Å². The first-order valence-corrected chi connectivity index (χ1v) is 16.9. The number of amides is 2. The van der Waals surface area contributed by atoms with Crippen molar-refractivity contribution in [3.8, 4) is 10.4 Å². The summed E-state index contributed by atoms with van der Waals surface area (Å²) in [5.74, 6) is 0.622. The zero-order valence-electron chi connectivity index (χ0n) is 24.7. The molecule has 3 aromatic heterocycles. The van der Waals surface area contributed by atoms with E-state index in [4.69, 9.17) is 0 Å². The molecule has 2 amide bonds. The van der Waals surface area contributed by atoms with E-state index in [9.17, 15) is 14.4 Å². The molecule has 226 valence electrons. The van der Waals surface area contributed by atoms with Gasteiger partial charge in [0, 0.05) is 53.1 Å². The molecule has 0 unspecified atom stereocenters. The number of hydrogen-bond donors (Lipinski definition) is 1. The Kier molecular flexibility index (Phi) is 8.28. The molecular formula is C36H32N4O3S2. The average molecular weight is 633 g/mol. The Morgan fingerprint density at radius 3 is 2.51 bits per heavy atom. The molecule has 0 bridgehead atoms. The fourth-order valence-electron chi connectivity index (χ4n) is 6.08. The lowest BCUT2D eigenvalue weighted by Gasteiger charge is -2.23. The van der Waals surface area contributed by atoms with Crippen molar-refractivity contribution in [3.63, 3.8) is 0 Å². The van der Waals surface area contributed by atoms with E-state index in [0.29, 0.717) is 35.5 Å². The number of fused-ring (bicyclic) bond motifs is 3. The molecule has 0 radical (unpaired) electrons. The third-order valence-electron chi connectivity index (χ3n) is 8.38. The summed E-state index contributed by atoms with van der Waals surface area (Å²) in [4.78, 5) is 51.5. The number of carbonyl (C=O) groups excluding carboxylic acids is 3. The molecular weight excluding hydrogens is 601 g/mol. The van der Waals surface area contributed by atoms with E-state index in [2.05, 4.69) is 15.2 Å². The SMILES string of the molecule is O=C(NCc1cccs1)c1cc2c(s1)-c1ccccc1N(C(=O)c1ccc(CC(=O)c3cccnc3N3CCCC3)cc1)CC2. The van der Waals surface area contributed by atoms with E-state index in [1.54, 1.807) is 17.5 Å². The van der Waals surface area contributed by atoms with Crippen molar-refractivity contribution in [2.24, 2.45) is 0 Å². The van der Waals surface area contributed by atoms with Crippen LogP contribution in [0.4, 0.5) is 11.5 Å². The second-order valence-electron chi connectivity index (χ2n) is 11.3. The highest BCUT2D eigenvalue weighted by Crippen LogP contribution is 2.42. The van der Waals surface area contributed by atoms with Crippen LogP contribution in [0.5, 0.6) is 0 Å². The van der Waals surface area contributed by atoms with Crippen molar-refractivity contribution in [3.05, 3.63) is 122 Å². The lowest BCUT2D eigenvalue weighted by molar-refractivity contribution is 0.0952. The van der Waals surface area contributed by atoms with Crippen molar-refractivity contribution < 1.29 is 14.4 Å². The molecule has 1 saturated heterocycles. The van der Waals surface area contributed by atoms with Crippen molar-refractivity contribution in [1.82, 2.24) is 10.3 Å². The zero-order chi connectivity index (χ0) is 30.8. The van der Waals surface area contributed by atoms with Crippen molar-refractivity contribution >= 4 is 51.8 Å². The number of ketones is 1. The van der Waals surface area contributed by atoms with E-state index in [-0.39, 0.29) is 24.0 Å². The smallest absolute Gasteiger partial charge is 0.261 e. The minimum absolute atomic E-state index is 0.0243. The van der Waals surface area contributed by atoms with E-state index >= 15 is 0 Å². The van der Waals surface area contributed by atoms with Crippen LogP contribution in [-0.4, -0.2) is 42.2 Å². The van der Waals surface area contributed by atoms with Crippen LogP contribution in [-0.2, 0) is 19.4 Å². The quantitative estimate of drug-likeness (QED) is 0.186. The summed E-state index contributed by atoms with van der Waals surface area (Å²) in [5, 5.41) is 5.03. The fourth-order valence-corrected chi connectivity index (χ4v) is 7.89. The van der Waals surface area contributed by atoms with E-state index in [1.807, 2.05) is 89.1 Å². The van der Waals surface area contributed by atoms with Crippen LogP contribution in [0, 0.1) is 0 Å². The van der Waals surface area contributed by atoms with Gasteiger partial charge in [-0.15, -0.1) is 22.7 Å². The summed E-state index contributed by atoms with van der Waals surface area (Å²) in [6.45, 7) is 2.85. The lowest BCUT2D eigenvalue weighted by Crippen LogP contribution is -2.32. The zero-order valence-corrected chi connectivity index (χ0v) is 26.3. The summed E-state index contributed by atoms with van der Waals surface area (Å²) in [5.41, 5.74) is 4.93. The first kappa shape index (κ1) is 29.1. The molecule has 2 aliphatic heterocycles. The number of benzene rings is 2. The Balaban J connectivity index is 1.07. The van der Waals surface area contributed by atoms with Gasteiger partial charge in [0.25, 0.3) is 11.8 Å². The number of hydrogen-bond acceptors (Lipinski definition) is 7. The third-order valence-corrected chi connectivity index (χ3v) is 10.5. The van der Waals surface area contributed by atoms with Gasteiger partial charge in [-0.25, -0.2) is 4.98 Å². The van der Waals surface area contributed by atoms with Crippen LogP contribution in [0.1, 0.15) is 59.2 Å². The molecule has 0 saturated carbocycles. The molecule has 0 aliphatic carbocycles. The van der Waals surface area contributed by atoms with Gasteiger partial charge in [0.1, 0.15) is 5.82 Å². The Labute approximate surface area is 270 Å². The second-order valence-corrected chi connectivity index (χ2v) is 13.4. The number of pyridine rings is 1. The van der Waals surface area contributed by atoms with E-state index < -0.39 is 0 Å². The molecule has 5 aromatic rings. The van der Waals surface area contributed by atoms with E-state index in [1.165, 1.54) is 11.3 Å². The number of aromatic nitrogens is 1. The maximum Gasteiger partial charge on any atom is 0.261 e. The van der Waals surface area contributed by atoms with Gasteiger partial charge < -0.3 is 15.1 Å². The number of rotatable bonds is 8. The number of nitrogens with one attached hydrogen (secondary N) is 1. The minimum atomic E-state index is -0.0898. The highest BCUT2D eigenvalue weighted by atomic mass is 32.1. The summed E-state index contributed by atoms with van der Waals surface area (Å²) >= 11 is 3.10. The molecule has 1 N–H and O–H groups in total. The molecule has 45 heavy (non-hydrogen) atoms. The maximum atomic E-state index is 13.9. The molecule has 2 aliphatic rings. The predicted molar refractivity (Wildman–Crippen MR) is 181 cm³/mol. The molecule has 7 rings (SSSR count). The first-order chi connectivity index (χ1) is 22.0. The van der Waals surface area contributed by atoms with Crippen LogP contribution in [0.3, 0.4) is 0 Å². The van der Waals surface area contributed by atoms with Gasteiger partial charge in [0.15, 0.2) is 5.78 Å². The molecule has 5 heterocycles. The number of anilines is 2. The van der Waals surface area contributed by atoms with Gasteiger partial charge >= 0.3 is 0 Å². The second kappa shape index (κ2) is 12.8. The van der Waals surface area contributed by atoms with Gasteiger partial charge in [-0.2, -0.15) is 0 Å². The molecule has 2 aromatic carbocycles. The van der Waals surface area contributed by atoms with Crippen molar-refractivity contribution in [2.45, 2.75) is 32.2 Å². The summed E-state index contributed by atoms with van der Waals surface area (Å²) in [7, 11) is 0. The normalized spacial score (nSPS) is 14.0. The molecule has 0 atom stereocenters. The number of thiophene rings is 2. The maximum absolute atomic E-state index is 13.9. The summed E-state index contributed by atoms with van der Waals surface area (Å²) in [6, 6.07) is 24.9. The first-order valence-electron chi connectivity index (χ1n) is 15.2. The largest absolute Gasteiger partial charge is 0.356 e. The summed E-state index contributed by atoms with van der Waals surface area (Å²) < 4.78 is 0. The molecule has 0 spiro atoms. The highest BCUT2D eigenvalue weighted by Gasteiger charge is 2.28. The molecule has 1 fully saturated rings. The van der Waals surface area contributed by atoms with Gasteiger partial charge in [0.2, 0.25) is 0 Å². The van der Waals surface area contributed by atoms with Crippen molar-refractivity contribution in [1.29, 1.82) is 0 Å². The van der Waals surface area contributed by atoms with Crippen LogP contribution >= 0.6 is 22.7 Å². The lowest BCUT2D eigenvalue weighted by atomic mass is 10.0. The average Bonchev–Trinajstić information content (AvgIpc) is 3.86. The Bertz CT molecular complexity index is 1860. The monoisotopic (exact) mass is 632 g/mol. The van der Waals surface area contributed by atoms with Crippen LogP contribution in [0.25, 0.3) is 10.4 Å². The number of nitrogens with zero attached hydrogens (tertiary/aromatic N) is 3.